The molecule has 0 heterocycles. The molecule has 0 aromatic heterocycles. The van der Waals surface area contributed by atoms with E-state index >= 15 is 0 Å². The Balaban J connectivity index is -0.000000451. The summed E-state index contributed by atoms with van der Waals surface area (Å²) in [6.07, 6.45) is 9.39. The van der Waals surface area contributed by atoms with Crippen molar-refractivity contribution in [2.75, 3.05) is 0 Å². The van der Waals surface area contributed by atoms with Crippen LogP contribution in [0, 0.1) is 38.5 Å². The SMILES string of the molecule is C.C=CCC.CC/C=C\CC(=O)CC(CC(C)C)C(=O)Oc1cc(C)ccc1C(=O)O.CCC(=O)Cl.Cc1ccc(C(=O)O)c(O)c1.Cc1ccc(C(=O)OC(C)(C)C)c(OC(=O)C(N)CC(C)C)c1.[HH]. The van der Waals surface area contributed by atoms with Gasteiger partial charge in [0.15, 0.2) is 0 Å². The number of allylic oxidation sites excluding steroid dienone is 3. The molecule has 0 saturated carbocycles. The van der Waals surface area contributed by atoms with E-state index in [-0.39, 0.29) is 72.1 Å². The number of carboxylic acid groups (broad SMARTS) is 2. The molecule has 0 bridgehead atoms. The first-order valence-electron chi connectivity index (χ1n) is 22.9. The minimum atomic E-state index is -1.16. The molecule has 0 radical (unpaired) electrons. The van der Waals surface area contributed by atoms with Gasteiger partial charge in [0.1, 0.15) is 51.4 Å². The van der Waals surface area contributed by atoms with Crippen molar-refractivity contribution in [3.63, 3.8) is 0 Å². The van der Waals surface area contributed by atoms with Gasteiger partial charge in [0, 0.05) is 20.7 Å². The average Bonchev–Trinajstić information content (AvgIpc) is 3.23. The van der Waals surface area contributed by atoms with Gasteiger partial charge in [0.25, 0.3) is 0 Å². The number of aryl methyl sites for hydroxylation is 3. The number of halogens is 1. The number of carboxylic acids is 2. The van der Waals surface area contributed by atoms with Crippen molar-refractivity contribution in [1.29, 1.82) is 0 Å². The minimum absolute atomic E-state index is 0. The number of esters is 3. The van der Waals surface area contributed by atoms with Gasteiger partial charge < -0.3 is 35.3 Å². The summed E-state index contributed by atoms with van der Waals surface area (Å²) in [5.74, 6) is -4.00. The Kier molecular flexibility index (Phi) is 35.0. The largest absolute Gasteiger partial charge is 0.507 e. The molecule has 0 fully saturated rings. The smallest absolute Gasteiger partial charge is 0.342 e. The highest BCUT2D eigenvalue weighted by Gasteiger charge is 2.27. The second kappa shape index (κ2) is 35.9. The second-order valence-electron chi connectivity index (χ2n) is 17.8. The molecule has 3 aromatic rings. The van der Waals surface area contributed by atoms with E-state index in [1.165, 1.54) is 24.3 Å². The summed E-state index contributed by atoms with van der Waals surface area (Å²) in [7, 11) is 0. The third-order valence-corrected chi connectivity index (χ3v) is 9.10. The molecule has 0 spiro atoms. The molecule has 0 aliphatic heterocycles. The highest BCUT2D eigenvalue weighted by Crippen LogP contribution is 2.26. The van der Waals surface area contributed by atoms with Crippen molar-refractivity contribution in [2.24, 2.45) is 23.5 Å². The minimum Gasteiger partial charge on any atom is -0.507 e. The van der Waals surface area contributed by atoms with E-state index in [4.69, 9.17) is 41.8 Å². The molecule has 5 N–H and O–H groups in total. The number of phenols is 1. The lowest BCUT2D eigenvalue weighted by atomic mass is 9.91. The van der Waals surface area contributed by atoms with E-state index in [9.17, 15) is 38.7 Å². The van der Waals surface area contributed by atoms with E-state index in [1.807, 2.05) is 59.8 Å². The molecule has 2 atom stereocenters. The maximum absolute atomic E-state index is 12.6. The van der Waals surface area contributed by atoms with Crippen LogP contribution in [0.4, 0.5) is 0 Å². The van der Waals surface area contributed by atoms with E-state index in [0.29, 0.717) is 25.7 Å². The van der Waals surface area contributed by atoms with Gasteiger partial charge in [0.2, 0.25) is 5.24 Å². The number of ketones is 1. The molecule has 0 aliphatic carbocycles. The van der Waals surface area contributed by atoms with Gasteiger partial charge in [-0.2, -0.15) is 0 Å². The summed E-state index contributed by atoms with van der Waals surface area (Å²) >= 11 is 4.82. The Morgan fingerprint density at radius 1 is 0.714 bits per heavy atom. The van der Waals surface area contributed by atoms with Gasteiger partial charge in [-0.3, -0.25) is 14.4 Å². The van der Waals surface area contributed by atoms with Crippen LogP contribution in [0.15, 0.2) is 79.4 Å². The number of Topliss-reactive ketones (excluding diaryl/α,β-unsaturated/α-hetero) is 1. The second-order valence-corrected chi connectivity index (χ2v) is 18.2. The zero-order chi connectivity index (χ0) is 53.6. The number of rotatable bonds is 18. The van der Waals surface area contributed by atoms with Gasteiger partial charge in [-0.05, 0) is 144 Å². The summed E-state index contributed by atoms with van der Waals surface area (Å²) in [6, 6.07) is 13.3. The summed E-state index contributed by atoms with van der Waals surface area (Å²) in [4.78, 5) is 80.4. The number of aromatic hydroxyl groups is 1. The van der Waals surface area contributed by atoms with Crippen LogP contribution in [-0.2, 0) is 23.9 Å². The molecular formula is C55H82ClNO13. The maximum Gasteiger partial charge on any atom is 0.342 e. The highest BCUT2D eigenvalue weighted by atomic mass is 35.5. The average molecular weight is 1000 g/mol. The summed E-state index contributed by atoms with van der Waals surface area (Å²) in [5, 5.41) is 26.6. The molecule has 392 valence electrons. The van der Waals surface area contributed by atoms with Crippen molar-refractivity contribution in [1.82, 2.24) is 0 Å². The van der Waals surface area contributed by atoms with E-state index in [1.54, 1.807) is 71.9 Å². The van der Waals surface area contributed by atoms with Crippen LogP contribution in [0.25, 0.3) is 0 Å². The molecule has 14 nitrogen and oxygen atoms in total. The molecule has 0 amide bonds. The number of carbonyl (C=O) groups is 7. The van der Waals surface area contributed by atoms with E-state index in [2.05, 4.69) is 13.5 Å². The van der Waals surface area contributed by atoms with Crippen LogP contribution in [0.3, 0.4) is 0 Å². The molecule has 2 unspecified atom stereocenters. The van der Waals surface area contributed by atoms with Gasteiger partial charge >= 0.3 is 29.8 Å². The predicted octanol–water partition coefficient (Wildman–Crippen LogP) is 12.8. The third-order valence-electron chi connectivity index (χ3n) is 8.83. The van der Waals surface area contributed by atoms with Crippen molar-refractivity contribution < 1.29 is 64.5 Å². The number of ether oxygens (including phenoxy) is 3. The number of nitrogens with two attached hydrogens (primary N) is 1. The number of aromatic carboxylic acids is 2. The Morgan fingerprint density at radius 3 is 1.54 bits per heavy atom. The maximum atomic E-state index is 12.6. The molecule has 0 aliphatic rings. The zero-order valence-electron chi connectivity index (χ0n) is 42.8. The highest BCUT2D eigenvalue weighted by molar-refractivity contribution is 6.63. The van der Waals surface area contributed by atoms with Crippen molar-refractivity contribution >= 4 is 52.5 Å². The molecule has 3 rings (SSSR count). The van der Waals surface area contributed by atoms with Crippen LogP contribution in [0.2, 0.25) is 0 Å². The quantitative estimate of drug-likeness (QED) is 0.0402. The van der Waals surface area contributed by atoms with Crippen LogP contribution in [0.5, 0.6) is 17.2 Å². The number of benzene rings is 3. The number of hydrogen-bond donors (Lipinski definition) is 4. The van der Waals surface area contributed by atoms with Crippen LogP contribution < -0.4 is 15.2 Å². The first-order valence-corrected chi connectivity index (χ1v) is 23.3. The topological polar surface area (TPSA) is 234 Å². The van der Waals surface area contributed by atoms with Crippen molar-refractivity contribution in [3.8, 4) is 17.2 Å². The normalized spacial score (nSPS) is 11.2. The Bertz CT molecular complexity index is 2180. The summed E-state index contributed by atoms with van der Waals surface area (Å²) in [5.41, 5.74) is 7.81. The van der Waals surface area contributed by atoms with Gasteiger partial charge in [0.05, 0.1) is 5.92 Å². The lowest BCUT2D eigenvalue weighted by molar-refractivity contribution is -0.141. The lowest BCUT2D eigenvalue weighted by Crippen LogP contribution is -2.35. The summed E-state index contributed by atoms with van der Waals surface area (Å²) in [6.45, 7) is 27.9. The van der Waals surface area contributed by atoms with Crippen molar-refractivity contribution in [3.05, 3.63) is 113 Å². The van der Waals surface area contributed by atoms with Crippen LogP contribution in [0.1, 0.15) is 171 Å². The molecule has 15 heteroatoms. The molecule has 0 saturated heterocycles. The fraction of sp³-hybridized carbons (Fsp3) is 0.473. The summed E-state index contributed by atoms with van der Waals surface area (Å²) < 4.78 is 16.1. The Labute approximate surface area is 423 Å². The van der Waals surface area contributed by atoms with Gasteiger partial charge in [-0.25, -0.2) is 19.2 Å². The molecule has 3 aromatic carbocycles. The number of carbonyl (C=O) groups excluding carboxylic acids is 5. The fourth-order valence-electron chi connectivity index (χ4n) is 5.48. The Hall–Kier alpha value is -6.12. The first-order chi connectivity index (χ1) is 32.0. The van der Waals surface area contributed by atoms with Gasteiger partial charge in [-0.1, -0.05) is 92.3 Å². The van der Waals surface area contributed by atoms with Gasteiger partial charge in [-0.15, -0.1) is 6.58 Å². The first kappa shape index (κ1) is 68.1. The predicted molar refractivity (Wildman–Crippen MR) is 280 cm³/mol. The lowest BCUT2D eigenvalue weighted by Gasteiger charge is -2.21. The third kappa shape index (κ3) is 31.1. The fourth-order valence-corrected chi connectivity index (χ4v) is 5.48. The van der Waals surface area contributed by atoms with Crippen LogP contribution in [-0.4, -0.2) is 67.8 Å². The molecule has 70 heavy (non-hydrogen) atoms. The Morgan fingerprint density at radius 2 is 1.14 bits per heavy atom. The number of hydrogen-bond acceptors (Lipinski definition) is 12. The standard InChI is InChI=1S/C21H28O5.C18H27NO4.C8H8O3.C4H8.C3H5ClO.CH4.H2/c1-5-6-7-8-17(22)13-16(11-14(2)3)21(25)26-19-12-15(4)9-10-18(19)20(23)24;1-11(2)9-14(19)17(21)22-15-10-12(3)7-8-13(15)16(20)23-18(4,5)6;1-5-2-3-6(8(10)11)7(9)4-5;1-3-4-2;1-2-3(4)5;;/h6-7,9-10,12,14,16H,5,8,11,13H2,1-4H3,(H,23,24);7-8,10-11,14H,9,19H2,1-6H3;2-4,9H,1H3,(H,10,11);3H,1,4H2,2H3;2H2,1H3;1H4;1H/b7-6-;;;;;;. The van der Waals surface area contributed by atoms with E-state index in [0.717, 1.165) is 29.5 Å². The van der Waals surface area contributed by atoms with Crippen molar-refractivity contribution in [2.45, 2.75) is 154 Å². The molecular weight excluding hydrogens is 918 g/mol. The van der Waals surface area contributed by atoms with Crippen LogP contribution >= 0.6 is 11.6 Å². The zero-order valence-corrected chi connectivity index (χ0v) is 43.5. The monoisotopic (exact) mass is 1000 g/mol. The van der Waals surface area contributed by atoms with E-state index < -0.39 is 47.4 Å².